The van der Waals surface area contributed by atoms with Gasteiger partial charge in [0.25, 0.3) is 0 Å². The van der Waals surface area contributed by atoms with Crippen molar-refractivity contribution in [2.75, 3.05) is 13.7 Å². The fourth-order valence-corrected chi connectivity index (χ4v) is 1.12. The predicted octanol–water partition coefficient (Wildman–Crippen LogP) is 0.693. The summed E-state index contributed by atoms with van der Waals surface area (Å²) >= 11 is 0. The first-order valence-electron chi connectivity index (χ1n) is 4.82. The quantitative estimate of drug-likeness (QED) is 0.764. The molecule has 1 aromatic rings. The summed E-state index contributed by atoms with van der Waals surface area (Å²) in [7, 11) is 1.21. The molecule has 0 radical (unpaired) electrons. The standard InChI is InChI=1S/C11H15NO4/c1-8-9(5-4-6-12-8)16-7-11(2,14)10(13)15-3/h4-6,14H,7H2,1-3H3. The van der Waals surface area contributed by atoms with E-state index in [1.165, 1.54) is 14.0 Å². The average Bonchev–Trinajstić information content (AvgIpc) is 2.27. The van der Waals surface area contributed by atoms with Gasteiger partial charge in [-0.3, -0.25) is 4.98 Å². The molecule has 1 heterocycles. The van der Waals surface area contributed by atoms with Gasteiger partial charge < -0.3 is 14.6 Å². The van der Waals surface area contributed by atoms with E-state index >= 15 is 0 Å². The lowest BCUT2D eigenvalue weighted by molar-refractivity contribution is -0.163. The van der Waals surface area contributed by atoms with Gasteiger partial charge in [-0.15, -0.1) is 0 Å². The SMILES string of the molecule is COC(=O)C(C)(O)COc1cccnc1C. The van der Waals surface area contributed by atoms with Crippen LogP contribution < -0.4 is 4.74 Å². The van der Waals surface area contributed by atoms with Gasteiger partial charge in [0.1, 0.15) is 12.4 Å². The zero-order valence-corrected chi connectivity index (χ0v) is 9.56. The molecule has 1 unspecified atom stereocenters. The second-order valence-corrected chi connectivity index (χ2v) is 3.64. The molecule has 1 rings (SSSR count). The van der Waals surface area contributed by atoms with E-state index in [4.69, 9.17) is 4.74 Å². The normalized spacial score (nSPS) is 14.0. The van der Waals surface area contributed by atoms with Crippen molar-refractivity contribution in [3.63, 3.8) is 0 Å². The predicted molar refractivity (Wildman–Crippen MR) is 57.1 cm³/mol. The number of carbonyl (C=O) groups is 1. The van der Waals surface area contributed by atoms with Crippen LogP contribution in [0.15, 0.2) is 18.3 Å². The van der Waals surface area contributed by atoms with Gasteiger partial charge in [0.2, 0.25) is 0 Å². The van der Waals surface area contributed by atoms with Crippen molar-refractivity contribution < 1.29 is 19.4 Å². The van der Waals surface area contributed by atoms with E-state index in [0.717, 1.165) is 0 Å². The lowest BCUT2D eigenvalue weighted by Gasteiger charge is -2.20. The van der Waals surface area contributed by atoms with Crippen LogP contribution in [0.3, 0.4) is 0 Å². The largest absolute Gasteiger partial charge is 0.488 e. The number of aliphatic hydroxyl groups is 1. The molecule has 0 aliphatic carbocycles. The Morgan fingerprint density at radius 3 is 2.88 bits per heavy atom. The number of esters is 1. The maximum absolute atomic E-state index is 11.2. The summed E-state index contributed by atoms with van der Waals surface area (Å²) in [6, 6.07) is 3.44. The maximum atomic E-state index is 11.2. The van der Waals surface area contributed by atoms with Crippen molar-refractivity contribution in [2.45, 2.75) is 19.4 Å². The first-order valence-corrected chi connectivity index (χ1v) is 4.82. The van der Waals surface area contributed by atoms with Crippen LogP contribution in [0.5, 0.6) is 5.75 Å². The Morgan fingerprint density at radius 1 is 1.62 bits per heavy atom. The first-order chi connectivity index (χ1) is 7.47. The highest BCUT2D eigenvalue weighted by Gasteiger charge is 2.32. The van der Waals surface area contributed by atoms with Crippen molar-refractivity contribution in [1.29, 1.82) is 0 Å². The van der Waals surface area contributed by atoms with Gasteiger partial charge >= 0.3 is 5.97 Å². The average molecular weight is 225 g/mol. The molecule has 16 heavy (non-hydrogen) atoms. The van der Waals surface area contributed by atoms with Crippen molar-refractivity contribution in [1.82, 2.24) is 4.98 Å². The summed E-state index contributed by atoms with van der Waals surface area (Å²) in [6.07, 6.45) is 1.64. The number of hydrogen-bond donors (Lipinski definition) is 1. The topological polar surface area (TPSA) is 68.7 Å². The van der Waals surface area contributed by atoms with Crippen LogP contribution in [-0.2, 0) is 9.53 Å². The van der Waals surface area contributed by atoms with Crippen molar-refractivity contribution in [3.8, 4) is 5.75 Å². The van der Waals surface area contributed by atoms with E-state index in [1.807, 2.05) is 0 Å². The number of methoxy groups -OCH3 is 1. The Bertz CT molecular complexity index is 376. The van der Waals surface area contributed by atoms with Crippen LogP contribution in [0, 0.1) is 6.92 Å². The molecule has 0 aliphatic heterocycles. The van der Waals surface area contributed by atoms with E-state index < -0.39 is 11.6 Å². The third kappa shape index (κ3) is 2.93. The number of hydrogen-bond acceptors (Lipinski definition) is 5. The molecule has 0 bridgehead atoms. The number of rotatable bonds is 4. The number of aryl methyl sites for hydroxylation is 1. The Kier molecular flexibility index (Phi) is 3.84. The molecule has 0 spiro atoms. The molecule has 1 atom stereocenters. The van der Waals surface area contributed by atoms with Crippen molar-refractivity contribution >= 4 is 5.97 Å². The second-order valence-electron chi connectivity index (χ2n) is 3.64. The molecular formula is C11H15NO4. The van der Waals surface area contributed by atoms with E-state index in [0.29, 0.717) is 11.4 Å². The van der Waals surface area contributed by atoms with Gasteiger partial charge in [-0.05, 0) is 26.0 Å². The van der Waals surface area contributed by atoms with Crippen molar-refractivity contribution in [3.05, 3.63) is 24.0 Å². The molecule has 88 valence electrons. The van der Waals surface area contributed by atoms with Gasteiger partial charge in [-0.25, -0.2) is 4.79 Å². The van der Waals surface area contributed by atoms with Crippen LogP contribution in [0.4, 0.5) is 0 Å². The first kappa shape index (κ1) is 12.4. The molecule has 1 aromatic heterocycles. The van der Waals surface area contributed by atoms with Crippen molar-refractivity contribution in [2.24, 2.45) is 0 Å². The summed E-state index contributed by atoms with van der Waals surface area (Å²) in [4.78, 5) is 15.2. The fourth-order valence-electron chi connectivity index (χ4n) is 1.12. The summed E-state index contributed by atoms with van der Waals surface area (Å²) < 4.78 is 9.76. The number of nitrogens with zero attached hydrogens (tertiary/aromatic N) is 1. The van der Waals surface area contributed by atoms with Crippen LogP contribution >= 0.6 is 0 Å². The van der Waals surface area contributed by atoms with Gasteiger partial charge in [0, 0.05) is 6.20 Å². The van der Waals surface area contributed by atoms with E-state index in [-0.39, 0.29) is 6.61 Å². The third-order valence-corrected chi connectivity index (χ3v) is 2.09. The summed E-state index contributed by atoms with van der Waals surface area (Å²) in [5.41, 5.74) is -0.958. The highest BCUT2D eigenvalue weighted by molar-refractivity contribution is 5.78. The minimum atomic E-state index is -1.66. The van der Waals surface area contributed by atoms with Crippen LogP contribution in [-0.4, -0.2) is 35.4 Å². The lowest BCUT2D eigenvalue weighted by Crippen LogP contribution is -2.42. The zero-order chi connectivity index (χ0) is 12.2. The molecule has 0 saturated heterocycles. The minimum absolute atomic E-state index is 0.174. The van der Waals surface area contributed by atoms with Crippen LogP contribution in [0.25, 0.3) is 0 Å². The third-order valence-electron chi connectivity index (χ3n) is 2.09. The van der Waals surface area contributed by atoms with Crippen LogP contribution in [0.2, 0.25) is 0 Å². The molecular weight excluding hydrogens is 210 g/mol. The molecule has 0 saturated carbocycles. The highest BCUT2D eigenvalue weighted by Crippen LogP contribution is 2.16. The highest BCUT2D eigenvalue weighted by atomic mass is 16.6. The number of carbonyl (C=O) groups excluding carboxylic acids is 1. The maximum Gasteiger partial charge on any atom is 0.341 e. The number of ether oxygens (including phenoxy) is 2. The monoisotopic (exact) mass is 225 g/mol. The van der Waals surface area contributed by atoms with Gasteiger partial charge in [0.05, 0.1) is 12.8 Å². The summed E-state index contributed by atoms with van der Waals surface area (Å²) in [6.45, 7) is 2.94. The molecule has 5 heteroatoms. The van der Waals surface area contributed by atoms with E-state index in [9.17, 15) is 9.90 Å². The lowest BCUT2D eigenvalue weighted by atomic mass is 10.1. The molecule has 5 nitrogen and oxygen atoms in total. The van der Waals surface area contributed by atoms with Crippen LogP contribution in [0.1, 0.15) is 12.6 Å². The Labute approximate surface area is 94.0 Å². The minimum Gasteiger partial charge on any atom is -0.488 e. The molecule has 0 amide bonds. The molecule has 0 fully saturated rings. The number of aromatic nitrogens is 1. The zero-order valence-electron chi connectivity index (χ0n) is 9.56. The molecule has 0 aliphatic rings. The van der Waals surface area contributed by atoms with E-state index in [1.54, 1.807) is 25.3 Å². The second kappa shape index (κ2) is 4.94. The fraction of sp³-hybridized carbons (Fsp3) is 0.455. The van der Waals surface area contributed by atoms with E-state index in [2.05, 4.69) is 9.72 Å². The summed E-state index contributed by atoms with van der Waals surface area (Å²) in [5.74, 6) is -0.194. The Hall–Kier alpha value is -1.62. The Morgan fingerprint density at radius 2 is 2.31 bits per heavy atom. The Balaban J connectivity index is 2.65. The van der Waals surface area contributed by atoms with Gasteiger partial charge in [-0.2, -0.15) is 0 Å². The number of pyridine rings is 1. The van der Waals surface area contributed by atoms with Gasteiger partial charge in [0.15, 0.2) is 5.60 Å². The molecule has 0 aromatic carbocycles. The molecule has 1 N–H and O–H groups in total. The van der Waals surface area contributed by atoms with Gasteiger partial charge in [-0.1, -0.05) is 0 Å². The smallest absolute Gasteiger partial charge is 0.341 e. The summed E-state index contributed by atoms with van der Waals surface area (Å²) in [5, 5.41) is 9.72.